The summed E-state index contributed by atoms with van der Waals surface area (Å²) in [4.78, 5) is 25.0. The fraction of sp³-hybridized carbons (Fsp3) is 0.857. The van der Waals surface area contributed by atoms with Crippen LogP contribution in [0.1, 0.15) is 47.0 Å². The first-order valence-corrected chi connectivity index (χ1v) is 6.81. The molecule has 4 heteroatoms. The van der Waals surface area contributed by atoms with Crippen molar-refractivity contribution < 1.29 is 14.3 Å². The Hall–Kier alpha value is -1.06. The predicted octanol–water partition coefficient (Wildman–Crippen LogP) is 2.47. The molecular weight excluding hydrogens is 230 g/mol. The lowest BCUT2D eigenvalue weighted by Crippen LogP contribution is -2.38. The van der Waals surface area contributed by atoms with Gasteiger partial charge in [-0.3, -0.25) is 9.59 Å². The van der Waals surface area contributed by atoms with E-state index in [9.17, 15) is 9.59 Å². The molecule has 106 valence electrons. The smallest absolute Gasteiger partial charge is 0.310 e. The molecule has 0 radical (unpaired) electrons. The monoisotopic (exact) mass is 257 g/mol. The first-order valence-electron chi connectivity index (χ1n) is 6.81. The Labute approximate surface area is 111 Å². The van der Waals surface area contributed by atoms with Crippen LogP contribution in [-0.2, 0) is 14.3 Å². The van der Waals surface area contributed by atoms with Gasteiger partial charge < -0.3 is 9.64 Å². The van der Waals surface area contributed by atoms with Gasteiger partial charge in [0.2, 0.25) is 5.91 Å². The van der Waals surface area contributed by atoms with Gasteiger partial charge in [-0.05, 0) is 12.3 Å². The van der Waals surface area contributed by atoms with Crippen molar-refractivity contribution in [2.45, 2.75) is 47.0 Å². The Kier molecular flexibility index (Phi) is 8.42. The van der Waals surface area contributed by atoms with Crippen LogP contribution in [0.2, 0.25) is 0 Å². The zero-order chi connectivity index (χ0) is 14.1. The summed E-state index contributed by atoms with van der Waals surface area (Å²) in [7, 11) is 1.38. The van der Waals surface area contributed by atoms with Crippen molar-refractivity contribution in [3.63, 3.8) is 0 Å². The van der Waals surface area contributed by atoms with Gasteiger partial charge in [-0.1, -0.05) is 34.1 Å². The topological polar surface area (TPSA) is 46.6 Å². The van der Waals surface area contributed by atoms with Crippen LogP contribution in [0.15, 0.2) is 0 Å². The van der Waals surface area contributed by atoms with E-state index in [4.69, 9.17) is 4.74 Å². The number of carbonyl (C=O) groups is 2. The van der Waals surface area contributed by atoms with Gasteiger partial charge in [0.15, 0.2) is 0 Å². The van der Waals surface area contributed by atoms with Gasteiger partial charge in [-0.15, -0.1) is 0 Å². The molecule has 0 N–H and O–H groups in total. The van der Waals surface area contributed by atoms with Crippen LogP contribution in [0, 0.1) is 11.8 Å². The molecule has 0 aromatic carbocycles. The molecule has 0 bridgehead atoms. The fourth-order valence-electron chi connectivity index (χ4n) is 1.73. The van der Waals surface area contributed by atoms with E-state index in [2.05, 4.69) is 13.8 Å². The molecule has 2 unspecified atom stereocenters. The van der Waals surface area contributed by atoms with Crippen molar-refractivity contribution in [2.24, 2.45) is 11.8 Å². The standard InChI is InChI=1S/C14H27NO3/c1-6-11(3)8-9-15(13(16)7-2)10-12(4)14(17)18-5/h11-12H,6-10H2,1-5H3. The lowest BCUT2D eigenvalue weighted by Gasteiger charge is -2.25. The molecular formula is C14H27NO3. The van der Waals surface area contributed by atoms with E-state index in [1.54, 1.807) is 11.8 Å². The number of hydrogen-bond acceptors (Lipinski definition) is 3. The summed E-state index contributed by atoms with van der Waals surface area (Å²) in [5.74, 6) is 0.189. The third-order valence-electron chi connectivity index (χ3n) is 3.34. The third-order valence-corrected chi connectivity index (χ3v) is 3.34. The van der Waals surface area contributed by atoms with Crippen LogP contribution in [0.5, 0.6) is 0 Å². The van der Waals surface area contributed by atoms with Crippen LogP contribution >= 0.6 is 0 Å². The normalized spacial score (nSPS) is 13.8. The second kappa shape index (κ2) is 8.95. The van der Waals surface area contributed by atoms with Crippen molar-refractivity contribution in [1.82, 2.24) is 4.90 Å². The van der Waals surface area contributed by atoms with E-state index in [1.807, 2.05) is 6.92 Å². The average molecular weight is 257 g/mol. The molecule has 2 atom stereocenters. The van der Waals surface area contributed by atoms with E-state index >= 15 is 0 Å². The quantitative estimate of drug-likeness (QED) is 0.628. The molecule has 0 rings (SSSR count). The first kappa shape index (κ1) is 16.9. The Bertz CT molecular complexity index is 266. The number of ether oxygens (including phenoxy) is 1. The molecule has 0 saturated carbocycles. The van der Waals surface area contributed by atoms with Crippen LogP contribution in [0.25, 0.3) is 0 Å². The zero-order valence-electron chi connectivity index (χ0n) is 12.4. The maximum absolute atomic E-state index is 11.8. The molecule has 4 nitrogen and oxygen atoms in total. The van der Waals surface area contributed by atoms with E-state index in [-0.39, 0.29) is 17.8 Å². The Morgan fingerprint density at radius 1 is 1.22 bits per heavy atom. The van der Waals surface area contributed by atoms with Crippen LogP contribution in [0.4, 0.5) is 0 Å². The largest absolute Gasteiger partial charge is 0.469 e. The third kappa shape index (κ3) is 6.03. The molecule has 0 spiro atoms. The Morgan fingerprint density at radius 2 is 1.83 bits per heavy atom. The van der Waals surface area contributed by atoms with Crippen molar-refractivity contribution in [1.29, 1.82) is 0 Å². The molecule has 0 aromatic heterocycles. The summed E-state index contributed by atoms with van der Waals surface area (Å²) < 4.78 is 4.70. The number of rotatable bonds is 8. The Balaban J connectivity index is 4.40. The van der Waals surface area contributed by atoms with E-state index < -0.39 is 0 Å². The summed E-state index contributed by atoms with van der Waals surface area (Å²) in [5.41, 5.74) is 0. The van der Waals surface area contributed by atoms with Crippen molar-refractivity contribution in [2.75, 3.05) is 20.2 Å². The number of amides is 1. The van der Waals surface area contributed by atoms with Gasteiger partial charge in [0.1, 0.15) is 0 Å². The fourth-order valence-corrected chi connectivity index (χ4v) is 1.73. The molecule has 0 saturated heterocycles. The molecule has 1 amide bonds. The van der Waals surface area contributed by atoms with Gasteiger partial charge in [0.05, 0.1) is 13.0 Å². The highest BCUT2D eigenvalue weighted by Crippen LogP contribution is 2.11. The van der Waals surface area contributed by atoms with Crippen LogP contribution in [-0.4, -0.2) is 37.0 Å². The van der Waals surface area contributed by atoms with E-state index in [0.717, 1.165) is 19.4 Å². The SMILES string of the molecule is CCC(=O)N(CCC(C)CC)CC(C)C(=O)OC. The van der Waals surface area contributed by atoms with Gasteiger partial charge in [-0.2, -0.15) is 0 Å². The number of hydrogen-bond donors (Lipinski definition) is 0. The van der Waals surface area contributed by atoms with Crippen LogP contribution in [0.3, 0.4) is 0 Å². The summed E-state index contributed by atoms with van der Waals surface area (Å²) >= 11 is 0. The van der Waals surface area contributed by atoms with E-state index in [1.165, 1.54) is 7.11 Å². The highest BCUT2D eigenvalue weighted by Gasteiger charge is 2.20. The molecule has 0 aliphatic rings. The number of esters is 1. The Morgan fingerprint density at radius 3 is 2.28 bits per heavy atom. The average Bonchev–Trinajstić information content (AvgIpc) is 2.40. The van der Waals surface area contributed by atoms with Gasteiger partial charge in [0, 0.05) is 19.5 Å². The number of carbonyl (C=O) groups excluding carboxylic acids is 2. The highest BCUT2D eigenvalue weighted by atomic mass is 16.5. The number of nitrogens with zero attached hydrogens (tertiary/aromatic N) is 1. The van der Waals surface area contributed by atoms with Crippen molar-refractivity contribution in [3.8, 4) is 0 Å². The lowest BCUT2D eigenvalue weighted by atomic mass is 10.0. The minimum absolute atomic E-state index is 0.106. The molecule has 18 heavy (non-hydrogen) atoms. The minimum atomic E-state index is -0.262. The maximum atomic E-state index is 11.8. The first-order chi connectivity index (χ1) is 8.46. The summed E-state index contributed by atoms with van der Waals surface area (Å²) in [6, 6.07) is 0. The van der Waals surface area contributed by atoms with Gasteiger partial charge in [0.25, 0.3) is 0 Å². The lowest BCUT2D eigenvalue weighted by molar-refractivity contribution is -0.146. The summed E-state index contributed by atoms with van der Waals surface area (Å²) in [6.45, 7) is 9.15. The second-order valence-corrected chi connectivity index (χ2v) is 4.92. The van der Waals surface area contributed by atoms with Gasteiger partial charge >= 0.3 is 5.97 Å². The van der Waals surface area contributed by atoms with Crippen molar-refractivity contribution >= 4 is 11.9 Å². The molecule has 0 aliphatic carbocycles. The van der Waals surface area contributed by atoms with Crippen LogP contribution < -0.4 is 0 Å². The summed E-state index contributed by atoms with van der Waals surface area (Å²) in [5, 5.41) is 0. The van der Waals surface area contributed by atoms with Gasteiger partial charge in [-0.25, -0.2) is 0 Å². The molecule has 0 fully saturated rings. The predicted molar refractivity (Wildman–Crippen MR) is 72.1 cm³/mol. The second-order valence-electron chi connectivity index (χ2n) is 4.92. The minimum Gasteiger partial charge on any atom is -0.469 e. The zero-order valence-corrected chi connectivity index (χ0v) is 12.4. The summed E-state index contributed by atoms with van der Waals surface area (Å²) in [6.07, 6.45) is 2.57. The molecule has 0 aromatic rings. The number of methoxy groups -OCH3 is 1. The van der Waals surface area contributed by atoms with E-state index in [0.29, 0.717) is 18.9 Å². The molecule has 0 aliphatic heterocycles. The highest BCUT2D eigenvalue weighted by molar-refractivity contribution is 5.77. The maximum Gasteiger partial charge on any atom is 0.310 e. The van der Waals surface area contributed by atoms with Crippen molar-refractivity contribution in [3.05, 3.63) is 0 Å². The molecule has 0 heterocycles.